The first kappa shape index (κ1) is 14.8. The van der Waals surface area contributed by atoms with Crippen LogP contribution in [0, 0.1) is 0 Å². The molecule has 0 atom stereocenters. The molecule has 0 spiro atoms. The Morgan fingerprint density at radius 2 is 1.80 bits per heavy atom. The van der Waals surface area contributed by atoms with Gasteiger partial charge in [0.1, 0.15) is 0 Å². The highest BCUT2D eigenvalue weighted by atomic mass is 28.4. The molecule has 15 heavy (non-hydrogen) atoms. The zero-order valence-corrected chi connectivity index (χ0v) is 12.4. The van der Waals surface area contributed by atoms with Crippen molar-refractivity contribution in [1.29, 1.82) is 0 Å². The minimum atomic E-state index is -1.54. The fraction of sp³-hybridized carbons (Fsp3) is 0.917. The molecule has 90 valence electrons. The Kier molecular flexibility index (Phi) is 5.74. The van der Waals surface area contributed by atoms with E-state index in [1.165, 1.54) is 0 Å². The molecule has 0 aromatic heterocycles. The van der Waals surface area contributed by atoms with Crippen LogP contribution in [0.4, 0.5) is 0 Å². The van der Waals surface area contributed by atoms with Gasteiger partial charge < -0.3 is 4.43 Å². The van der Waals surface area contributed by atoms with Crippen molar-refractivity contribution in [3.05, 3.63) is 0 Å². The molecular formula is C12H27NOSi. The smallest absolute Gasteiger partial charge is 0.191 e. The van der Waals surface area contributed by atoms with Gasteiger partial charge in [0.15, 0.2) is 8.32 Å². The van der Waals surface area contributed by atoms with Crippen LogP contribution in [0.3, 0.4) is 0 Å². The average Bonchev–Trinajstić information content (AvgIpc) is 2.00. The molecule has 0 fully saturated rings. The summed E-state index contributed by atoms with van der Waals surface area (Å²) in [5, 5.41) is 0.308. The summed E-state index contributed by atoms with van der Waals surface area (Å²) in [6.45, 7) is 16.4. The highest BCUT2D eigenvalue weighted by Gasteiger charge is 2.36. The molecule has 0 aliphatic carbocycles. The third-order valence-corrected chi connectivity index (χ3v) is 7.46. The third-order valence-electron chi connectivity index (χ3n) is 2.92. The number of nitrogens with zero attached hydrogens (tertiary/aromatic N) is 1. The lowest BCUT2D eigenvalue weighted by Gasteiger charge is -2.36. The van der Waals surface area contributed by atoms with E-state index in [2.05, 4.69) is 52.7 Å². The molecule has 0 N–H and O–H groups in total. The Balaban J connectivity index is 3.87. The van der Waals surface area contributed by atoms with Crippen molar-refractivity contribution in [1.82, 2.24) is 0 Å². The Labute approximate surface area is 96.3 Å². The van der Waals surface area contributed by atoms with Gasteiger partial charge in [0.2, 0.25) is 0 Å². The maximum Gasteiger partial charge on any atom is 0.191 e. The van der Waals surface area contributed by atoms with E-state index in [1.54, 1.807) is 0 Å². The van der Waals surface area contributed by atoms with E-state index in [0.29, 0.717) is 11.1 Å². The van der Waals surface area contributed by atoms with Crippen molar-refractivity contribution in [2.75, 3.05) is 6.61 Å². The first-order valence-corrected chi connectivity index (χ1v) is 8.73. The molecule has 0 amide bonds. The molecule has 0 saturated heterocycles. The summed E-state index contributed by atoms with van der Waals surface area (Å²) in [6, 6.07) is 0.401. The normalized spacial score (nSPS) is 14.1. The second-order valence-electron chi connectivity index (χ2n) is 5.82. The molecule has 0 aromatic carbocycles. The summed E-state index contributed by atoms with van der Waals surface area (Å²) in [5.74, 6) is 0. The maximum absolute atomic E-state index is 6.02. The Hall–Kier alpha value is -0.153. The minimum absolute atomic E-state index is 0.308. The van der Waals surface area contributed by atoms with Gasteiger partial charge in [-0.3, -0.25) is 4.99 Å². The van der Waals surface area contributed by atoms with Crippen molar-refractivity contribution in [3.63, 3.8) is 0 Å². The van der Waals surface area contributed by atoms with E-state index in [1.807, 2.05) is 6.21 Å². The Morgan fingerprint density at radius 3 is 2.20 bits per heavy atom. The van der Waals surface area contributed by atoms with E-state index in [0.717, 1.165) is 13.0 Å². The van der Waals surface area contributed by atoms with Gasteiger partial charge in [0, 0.05) is 25.3 Å². The lowest BCUT2D eigenvalue weighted by molar-refractivity contribution is 0.299. The number of aliphatic imine (C=N–C) groups is 1. The molecule has 0 aliphatic heterocycles. The van der Waals surface area contributed by atoms with Gasteiger partial charge in [-0.05, 0) is 32.0 Å². The van der Waals surface area contributed by atoms with Gasteiger partial charge >= 0.3 is 0 Å². The highest BCUT2D eigenvalue weighted by Crippen LogP contribution is 2.36. The maximum atomic E-state index is 6.02. The van der Waals surface area contributed by atoms with Crippen LogP contribution in [-0.2, 0) is 4.43 Å². The molecule has 0 aromatic rings. The molecule has 0 unspecified atom stereocenters. The summed E-state index contributed by atoms with van der Waals surface area (Å²) < 4.78 is 6.02. The summed E-state index contributed by atoms with van der Waals surface area (Å²) in [5.41, 5.74) is 0. The first-order chi connectivity index (χ1) is 6.67. The molecule has 2 nitrogen and oxygen atoms in total. The molecule has 0 heterocycles. The second kappa shape index (κ2) is 5.80. The van der Waals surface area contributed by atoms with E-state index in [4.69, 9.17) is 4.43 Å². The predicted octanol–water partition coefficient (Wildman–Crippen LogP) is 3.88. The molecule has 0 bridgehead atoms. The van der Waals surface area contributed by atoms with Crippen LogP contribution in [0.2, 0.25) is 18.1 Å². The van der Waals surface area contributed by atoms with Crippen molar-refractivity contribution < 1.29 is 4.43 Å². The molecule has 0 rings (SSSR count). The quantitative estimate of drug-likeness (QED) is 0.398. The van der Waals surface area contributed by atoms with Crippen LogP contribution < -0.4 is 0 Å². The lowest BCUT2D eigenvalue weighted by atomic mass is 10.2. The van der Waals surface area contributed by atoms with Gasteiger partial charge in [-0.1, -0.05) is 20.8 Å². The van der Waals surface area contributed by atoms with Gasteiger partial charge in [-0.2, -0.15) is 0 Å². The van der Waals surface area contributed by atoms with E-state index in [-0.39, 0.29) is 0 Å². The van der Waals surface area contributed by atoms with Gasteiger partial charge in [0.05, 0.1) is 0 Å². The number of hydrogen-bond donors (Lipinski definition) is 0. The zero-order chi connectivity index (χ0) is 12.1. The van der Waals surface area contributed by atoms with Crippen molar-refractivity contribution in [2.24, 2.45) is 4.99 Å². The van der Waals surface area contributed by atoms with Crippen LogP contribution in [0.1, 0.15) is 41.0 Å². The highest BCUT2D eigenvalue weighted by molar-refractivity contribution is 6.74. The molecule has 0 saturated carbocycles. The SMILES string of the molecule is CC(C)N=CCCO[Si](C)(C)C(C)(C)C. The zero-order valence-electron chi connectivity index (χ0n) is 11.4. The van der Waals surface area contributed by atoms with Gasteiger partial charge in [0.25, 0.3) is 0 Å². The topological polar surface area (TPSA) is 21.6 Å². The number of rotatable bonds is 5. The Bertz CT molecular complexity index is 204. The monoisotopic (exact) mass is 229 g/mol. The number of hydrogen-bond acceptors (Lipinski definition) is 2. The molecular weight excluding hydrogens is 202 g/mol. The standard InChI is InChI=1S/C12H27NOSi/c1-11(2)13-9-8-10-14-15(6,7)12(3,4)5/h9,11H,8,10H2,1-7H3. The summed E-state index contributed by atoms with van der Waals surface area (Å²) >= 11 is 0. The lowest BCUT2D eigenvalue weighted by Crippen LogP contribution is -2.41. The molecule has 3 heteroatoms. The van der Waals surface area contributed by atoms with Crippen LogP contribution in [0.15, 0.2) is 4.99 Å². The predicted molar refractivity (Wildman–Crippen MR) is 71.4 cm³/mol. The molecule has 0 aliphatic rings. The third kappa shape index (κ3) is 6.10. The van der Waals surface area contributed by atoms with Gasteiger partial charge in [-0.25, -0.2) is 0 Å². The van der Waals surface area contributed by atoms with Crippen LogP contribution >= 0.6 is 0 Å². The van der Waals surface area contributed by atoms with E-state index < -0.39 is 8.32 Å². The minimum Gasteiger partial charge on any atom is -0.416 e. The summed E-state index contributed by atoms with van der Waals surface area (Å²) in [6.07, 6.45) is 2.92. The Morgan fingerprint density at radius 1 is 1.27 bits per heavy atom. The van der Waals surface area contributed by atoms with Crippen molar-refractivity contribution in [3.8, 4) is 0 Å². The van der Waals surface area contributed by atoms with Crippen molar-refractivity contribution >= 4 is 14.5 Å². The fourth-order valence-corrected chi connectivity index (χ4v) is 1.93. The van der Waals surface area contributed by atoms with Crippen LogP contribution in [-0.4, -0.2) is 27.2 Å². The fourth-order valence-electron chi connectivity index (χ4n) is 0.869. The van der Waals surface area contributed by atoms with Crippen LogP contribution in [0.25, 0.3) is 0 Å². The first-order valence-electron chi connectivity index (χ1n) is 5.82. The summed E-state index contributed by atoms with van der Waals surface area (Å²) in [7, 11) is -1.54. The summed E-state index contributed by atoms with van der Waals surface area (Å²) in [4.78, 5) is 4.32. The molecule has 0 radical (unpaired) electrons. The second-order valence-corrected chi connectivity index (χ2v) is 10.6. The largest absolute Gasteiger partial charge is 0.416 e. The average molecular weight is 229 g/mol. The van der Waals surface area contributed by atoms with Crippen LogP contribution in [0.5, 0.6) is 0 Å². The van der Waals surface area contributed by atoms with E-state index >= 15 is 0 Å². The van der Waals surface area contributed by atoms with E-state index in [9.17, 15) is 0 Å². The van der Waals surface area contributed by atoms with Crippen molar-refractivity contribution in [2.45, 2.75) is 65.2 Å². The van der Waals surface area contributed by atoms with Gasteiger partial charge in [-0.15, -0.1) is 0 Å².